The molecule has 0 saturated carbocycles. The average molecular weight is 329 g/mol. The van der Waals surface area contributed by atoms with Gasteiger partial charge >= 0.3 is 0 Å². The number of allylic oxidation sites excluding steroid dienone is 1. The molecular formula is C17H29ClN2O2. The van der Waals surface area contributed by atoms with Crippen molar-refractivity contribution in [1.29, 1.82) is 0 Å². The zero-order valence-electron chi connectivity index (χ0n) is 13.3. The van der Waals surface area contributed by atoms with Crippen LogP contribution in [-0.4, -0.2) is 11.4 Å². The summed E-state index contributed by atoms with van der Waals surface area (Å²) in [4.78, 5) is 11.7. The number of nitrogens with zero attached hydrogens (tertiary/aromatic N) is 1. The van der Waals surface area contributed by atoms with Gasteiger partial charge in [0.2, 0.25) is 12.6 Å². The molecule has 4 nitrogen and oxygen atoms in total. The van der Waals surface area contributed by atoms with Crippen molar-refractivity contribution in [2.75, 3.05) is 0 Å². The van der Waals surface area contributed by atoms with E-state index in [9.17, 15) is 4.79 Å². The van der Waals surface area contributed by atoms with Gasteiger partial charge in [0.1, 0.15) is 0 Å². The van der Waals surface area contributed by atoms with Gasteiger partial charge in [-0.3, -0.25) is 4.79 Å². The summed E-state index contributed by atoms with van der Waals surface area (Å²) in [6.07, 6.45) is 14.8. The van der Waals surface area contributed by atoms with E-state index in [4.69, 9.17) is 0 Å². The number of pyridine rings is 1. The number of carbonyl (C=O) groups is 1. The van der Waals surface area contributed by atoms with E-state index in [1.165, 1.54) is 25.7 Å². The van der Waals surface area contributed by atoms with Crippen LogP contribution in [-0.2, 0) is 11.5 Å². The van der Waals surface area contributed by atoms with E-state index in [-0.39, 0.29) is 23.8 Å². The number of aromatic nitrogens is 1. The Morgan fingerprint density at radius 2 is 1.59 bits per heavy atom. The lowest BCUT2D eigenvalue weighted by atomic mass is 10.1. The van der Waals surface area contributed by atoms with Crippen LogP contribution in [0.3, 0.4) is 0 Å². The van der Waals surface area contributed by atoms with Gasteiger partial charge in [0, 0.05) is 18.6 Å². The fourth-order valence-corrected chi connectivity index (χ4v) is 2.09. The van der Waals surface area contributed by atoms with Gasteiger partial charge in [-0.25, -0.2) is 0 Å². The van der Waals surface area contributed by atoms with Crippen LogP contribution in [0, 0.1) is 0 Å². The van der Waals surface area contributed by atoms with Gasteiger partial charge in [0.15, 0.2) is 12.4 Å². The summed E-state index contributed by atoms with van der Waals surface area (Å²) < 4.78 is 1.96. The highest BCUT2D eigenvalue weighted by Crippen LogP contribution is 2.08. The molecule has 0 aliphatic rings. The summed E-state index contributed by atoms with van der Waals surface area (Å²) in [5.41, 5.74) is 0. The summed E-state index contributed by atoms with van der Waals surface area (Å²) in [5, 5.41) is 2.93. The zero-order chi connectivity index (χ0) is 14.5. The Labute approximate surface area is 140 Å². The standard InChI is InChI=1S/C17H26N2O.ClH.H2O/c1-2-3-4-5-6-7-8-10-13-17(20)18-16-19-14-11-9-12-15-19;;/h2,9,11-12,14-15H,1,3-8,10,13,16H2;1H;1H2. The summed E-state index contributed by atoms with van der Waals surface area (Å²) in [5.74, 6) is 0.146. The van der Waals surface area contributed by atoms with Crippen molar-refractivity contribution in [3.63, 3.8) is 0 Å². The highest BCUT2D eigenvalue weighted by Gasteiger charge is 2.03. The number of nitrogens with one attached hydrogen (secondary N) is 1. The minimum absolute atomic E-state index is 0. The average Bonchev–Trinajstić information content (AvgIpc) is 2.49. The van der Waals surface area contributed by atoms with Crippen LogP contribution in [0.25, 0.3) is 0 Å². The second kappa shape index (κ2) is 16.0. The molecule has 22 heavy (non-hydrogen) atoms. The van der Waals surface area contributed by atoms with Crippen molar-refractivity contribution in [3.05, 3.63) is 43.2 Å². The molecule has 0 bridgehead atoms. The first kappa shape index (κ1) is 22.9. The number of halogens is 1. The maximum absolute atomic E-state index is 11.7. The molecule has 0 atom stereocenters. The minimum atomic E-state index is 0. The maximum Gasteiger partial charge on any atom is 0.224 e. The third-order valence-corrected chi connectivity index (χ3v) is 3.30. The predicted octanol–water partition coefficient (Wildman–Crippen LogP) is -0.466. The molecule has 1 rings (SSSR count). The van der Waals surface area contributed by atoms with Crippen LogP contribution < -0.4 is 22.3 Å². The van der Waals surface area contributed by atoms with Crippen LogP contribution >= 0.6 is 0 Å². The Hall–Kier alpha value is -1.39. The molecule has 0 spiro atoms. The molecule has 1 aromatic rings. The monoisotopic (exact) mass is 328 g/mol. The number of hydrogen-bond acceptors (Lipinski definition) is 1. The van der Waals surface area contributed by atoms with E-state index in [2.05, 4.69) is 11.9 Å². The van der Waals surface area contributed by atoms with E-state index in [0.29, 0.717) is 13.1 Å². The van der Waals surface area contributed by atoms with Crippen molar-refractivity contribution in [2.45, 2.75) is 58.0 Å². The highest BCUT2D eigenvalue weighted by atomic mass is 35.5. The Morgan fingerprint density at radius 3 is 2.23 bits per heavy atom. The molecule has 0 unspecified atom stereocenters. The molecule has 126 valence electrons. The van der Waals surface area contributed by atoms with Crippen LogP contribution in [0.4, 0.5) is 0 Å². The molecular weight excluding hydrogens is 300 g/mol. The van der Waals surface area contributed by atoms with E-state index >= 15 is 0 Å². The van der Waals surface area contributed by atoms with Crippen molar-refractivity contribution in [2.24, 2.45) is 0 Å². The number of hydrogen-bond donors (Lipinski definition) is 1. The van der Waals surface area contributed by atoms with Crippen molar-refractivity contribution in [1.82, 2.24) is 5.32 Å². The first-order chi connectivity index (χ1) is 9.83. The fourth-order valence-electron chi connectivity index (χ4n) is 2.09. The molecule has 0 saturated heterocycles. The second-order valence-corrected chi connectivity index (χ2v) is 5.10. The number of amides is 1. The molecule has 1 heterocycles. The minimum Gasteiger partial charge on any atom is -1.00 e. The molecule has 1 aromatic heterocycles. The van der Waals surface area contributed by atoms with Gasteiger partial charge < -0.3 is 23.2 Å². The quantitative estimate of drug-likeness (QED) is 0.333. The lowest BCUT2D eigenvalue weighted by Crippen LogP contribution is -3.00. The topological polar surface area (TPSA) is 64.5 Å². The molecule has 0 aliphatic carbocycles. The number of rotatable bonds is 11. The first-order valence-corrected chi connectivity index (χ1v) is 7.64. The van der Waals surface area contributed by atoms with Crippen LogP contribution in [0.1, 0.15) is 51.4 Å². The molecule has 1 amide bonds. The van der Waals surface area contributed by atoms with Crippen molar-refractivity contribution >= 4 is 5.91 Å². The normalized spacial score (nSPS) is 9.27. The molecule has 5 heteroatoms. The Bertz CT molecular complexity index is 386. The molecule has 0 aromatic carbocycles. The van der Waals surface area contributed by atoms with Crippen LogP contribution in [0.2, 0.25) is 0 Å². The molecule has 0 fully saturated rings. The van der Waals surface area contributed by atoms with Gasteiger partial charge in [-0.15, -0.1) is 6.58 Å². The lowest BCUT2D eigenvalue weighted by molar-refractivity contribution is -0.700. The van der Waals surface area contributed by atoms with Crippen LogP contribution in [0.5, 0.6) is 0 Å². The summed E-state index contributed by atoms with van der Waals surface area (Å²) in [6.45, 7) is 4.28. The van der Waals surface area contributed by atoms with Crippen molar-refractivity contribution < 1.29 is 27.2 Å². The second-order valence-electron chi connectivity index (χ2n) is 5.10. The fraction of sp³-hybridized carbons (Fsp3) is 0.529. The number of carbonyl (C=O) groups excluding carboxylic acids is 1. The first-order valence-electron chi connectivity index (χ1n) is 7.64. The summed E-state index contributed by atoms with van der Waals surface area (Å²) in [6, 6.07) is 5.88. The summed E-state index contributed by atoms with van der Waals surface area (Å²) >= 11 is 0. The Kier molecular flexibility index (Phi) is 16.6. The number of unbranched alkanes of at least 4 members (excludes halogenated alkanes) is 6. The Balaban J connectivity index is 0. The summed E-state index contributed by atoms with van der Waals surface area (Å²) in [7, 11) is 0. The highest BCUT2D eigenvalue weighted by molar-refractivity contribution is 5.75. The smallest absolute Gasteiger partial charge is 0.224 e. The molecule has 0 radical (unpaired) electrons. The molecule has 3 N–H and O–H groups in total. The van der Waals surface area contributed by atoms with E-state index in [1.807, 2.05) is 41.2 Å². The van der Waals surface area contributed by atoms with E-state index < -0.39 is 0 Å². The van der Waals surface area contributed by atoms with Gasteiger partial charge in [0.05, 0.1) is 0 Å². The third kappa shape index (κ3) is 12.4. The van der Waals surface area contributed by atoms with E-state index in [0.717, 1.165) is 19.3 Å². The van der Waals surface area contributed by atoms with Crippen LogP contribution in [0.15, 0.2) is 43.2 Å². The van der Waals surface area contributed by atoms with Crippen molar-refractivity contribution in [3.8, 4) is 0 Å². The van der Waals surface area contributed by atoms with Gasteiger partial charge in [-0.05, 0) is 19.3 Å². The molecule has 0 aliphatic heterocycles. The van der Waals surface area contributed by atoms with Gasteiger partial charge in [-0.2, -0.15) is 4.57 Å². The maximum atomic E-state index is 11.7. The lowest BCUT2D eigenvalue weighted by Gasteiger charge is -2.03. The van der Waals surface area contributed by atoms with Gasteiger partial charge in [0.25, 0.3) is 0 Å². The Morgan fingerprint density at radius 1 is 1.00 bits per heavy atom. The third-order valence-electron chi connectivity index (χ3n) is 3.30. The SMILES string of the molecule is C=CCCCCCCCCC(=O)NC[n+]1ccccc1.O.[Cl-]. The van der Waals surface area contributed by atoms with Gasteiger partial charge in [-0.1, -0.05) is 37.8 Å². The zero-order valence-corrected chi connectivity index (χ0v) is 14.0. The van der Waals surface area contributed by atoms with E-state index in [1.54, 1.807) is 0 Å². The predicted molar refractivity (Wildman–Crippen MR) is 85.5 cm³/mol. The largest absolute Gasteiger partial charge is 1.00 e.